The zero-order valence-corrected chi connectivity index (χ0v) is 23.0. The number of ether oxygens (including phenoxy) is 1. The summed E-state index contributed by atoms with van der Waals surface area (Å²) < 4.78 is 6.11. The van der Waals surface area contributed by atoms with Crippen LogP contribution in [0.1, 0.15) is 68.8 Å². The Kier molecular flexibility index (Phi) is 7.80. The van der Waals surface area contributed by atoms with E-state index in [2.05, 4.69) is 24.8 Å². The lowest BCUT2D eigenvalue weighted by Crippen LogP contribution is -2.62. The van der Waals surface area contributed by atoms with Crippen LogP contribution in [0.4, 0.5) is 0 Å². The van der Waals surface area contributed by atoms with Gasteiger partial charge in [0.15, 0.2) is 0 Å². The lowest BCUT2D eigenvalue weighted by Gasteiger charge is -2.57. The number of phenols is 1. The highest BCUT2D eigenvalue weighted by Crippen LogP contribution is 2.52. The van der Waals surface area contributed by atoms with Gasteiger partial charge in [0.05, 0.1) is 0 Å². The van der Waals surface area contributed by atoms with Crippen molar-refractivity contribution in [1.82, 2.24) is 9.80 Å². The number of amides is 1. The average molecular weight is 519 g/mol. The fraction of sp³-hybridized carbons (Fsp3) is 0.562. The number of nitrogens with zero attached hydrogens (tertiary/aromatic N) is 2. The number of benzene rings is 2. The van der Waals surface area contributed by atoms with Crippen molar-refractivity contribution >= 4 is 11.9 Å². The summed E-state index contributed by atoms with van der Waals surface area (Å²) in [6.45, 7) is 9.36. The summed E-state index contributed by atoms with van der Waals surface area (Å²) in [6, 6.07) is 17.1. The number of aromatic hydroxyl groups is 1. The molecule has 0 bridgehead atoms. The van der Waals surface area contributed by atoms with Crippen molar-refractivity contribution in [1.29, 1.82) is 0 Å². The summed E-state index contributed by atoms with van der Waals surface area (Å²) in [5.41, 5.74) is 1.48. The lowest BCUT2D eigenvalue weighted by molar-refractivity contribution is -0.159. The van der Waals surface area contributed by atoms with Gasteiger partial charge in [0.2, 0.25) is 0 Å². The van der Waals surface area contributed by atoms with Gasteiger partial charge >= 0.3 is 5.97 Å². The Morgan fingerprint density at radius 3 is 2.55 bits per heavy atom. The summed E-state index contributed by atoms with van der Waals surface area (Å²) in [6.07, 6.45) is 4.65. The van der Waals surface area contributed by atoms with Gasteiger partial charge < -0.3 is 19.6 Å². The molecular weight excluding hydrogens is 476 g/mol. The third-order valence-corrected chi connectivity index (χ3v) is 8.83. The summed E-state index contributed by atoms with van der Waals surface area (Å²) in [4.78, 5) is 30.9. The van der Waals surface area contributed by atoms with Crippen molar-refractivity contribution in [2.24, 2.45) is 17.8 Å². The van der Waals surface area contributed by atoms with E-state index in [0.717, 1.165) is 44.0 Å². The molecule has 0 aromatic heterocycles. The smallest absolute Gasteiger partial charge is 0.302 e. The first-order valence-corrected chi connectivity index (χ1v) is 14.3. The number of phenolic OH excluding ortho intramolecular Hbond substituents is 1. The lowest BCUT2D eigenvalue weighted by atomic mass is 9.56. The van der Waals surface area contributed by atoms with Crippen LogP contribution in [0.2, 0.25) is 0 Å². The molecule has 2 aliphatic carbocycles. The molecule has 6 nitrogen and oxygen atoms in total. The molecule has 1 saturated heterocycles. The number of hydrogen-bond acceptors (Lipinski definition) is 5. The molecule has 2 aromatic rings. The summed E-state index contributed by atoms with van der Waals surface area (Å²) >= 11 is 0. The minimum absolute atomic E-state index is 0.0292. The zero-order chi connectivity index (χ0) is 26.9. The van der Waals surface area contributed by atoms with Gasteiger partial charge in [0.25, 0.3) is 5.91 Å². The fourth-order valence-corrected chi connectivity index (χ4v) is 6.99. The molecule has 1 heterocycles. The van der Waals surface area contributed by atoms with E-state index in [1.165, 1.54) is 19.8 Å². The molecule has 6 heteroatoms. The molecular formula is C32H42N2O4. The van der Waals surface area contributed by atoms with Gasteiger partial charge in [-0.3, -0.25) is 9.59 Å². The standard InChI is InChI=1S/C32H42N2O4/c1-22(2)19-34(31(37)25-8-5-4-6-9-25)27-17-30(38-23(3)35)29-21-33(20-24-12-13-24)15-14-32(29,18-27)26-10-7-11-28(36)16-26/h4-11,16,22,24,27,29-30,36H,12-15,17-21H2,1-3H3/t27-,29?,30?,32?/m0/s1. The van der Waals surface area contributed by atoms with Gasteiger partial charge in [-0.25, -0.2) is 0 Å². The summed E-state index contributed by atoms with van der Waals surface area (Å²) in [7, 11) is 0. The molecule has 38 heavy (non-hydrogen) atoms. The second kappa shape index (κ2) is 11.1. The van der Waals surface area contributed by atoms with Crippen LogP contribution >= 0.6 is 0 Å². The van der Waals surface area contributed by atoms with Gasteiger partial charge in [-0.05, 0) is 73.9 Å². The Balaban J connectivity index is 1.55. The molecule has 4 atom stereocenters. The van der Waals surface area contributed by atoms with Crippen molar-refractivity contribution in [3.05, 3.63) is 65.7 Å². The molecule has 2 aromatic carbocycles. The quantitative estimate of drug-likeness (QED) is 0.483. The normalized spacial score (nSPS) is 27.5. The Morgan fingerprint density at radius 1 is 1.13 bits per heavy atom. The van der Waals surface area contributed by atoms with Gasteiger partial charge in [0, 0.05) is 55.9 Å². The number of esters is 1. The van der Waals surface area contributed by atoms with Crippen molar-refractivity contribution in [2.75, 3.05) is 26.2 Å². The molecule has 1 amide bonds. The maximum atomic E-state index is 13.9. The third kappa shape index (κ3) is 5.75. The van der Waals surface area contributed by atoms with Gasteiger partial charge in [-0.1, -0.05) is 44.2 Å². The Hall–Kier alpha value is -2.86. The van der Waals surface area contributed by atoms with Crippen molar-refractivity contribution < 1.29 is 19.4 Å². The molecule has 5 rings (SSSR count). The van der Waals surface area contributed by atoms with Crippen LogP contribution in [0, 0.1) is 17.8 Å². The highest BCUT2D eigenvalue weighted by atomic mass is 16.5. The van der Waals surface area contributed by atoms with Gasteiger partial charge in [0.1, 0.15) is 11.9 Å². The third-order valence-electron chi connectivity index (χ3n) is 8.83. The number of fused-ring (bicyclic) bond motifs is 1. The first kappa shape index (κ1) is 26.7. The van der Waals surface area contributed by atoms with Crippen LogP contribution < -0.4 is 0 Å². The molecule has 3 unspecified atom stereocenters. The molecule has 1 aliphatic heterocycles. The van der Waals surface area contributed by atoms with E-state index in [-0.39, 0.29) is 41.1 Å². The predicted octanol–water partition coefficient (Wildman–Crippen LogP) is 5.25. The van der Waals surface area contributed by atoms with Crippen LogP contribution in [0.15, 0.2) is 54.6 Å². The van der Waals surface area contributed by atoms with E-state index in [9.17, 15) is 14.7 Å². The topological polar surface area (TPSA) is 70.1 Å². The Labute approximate surface area is 227 Å². The van der Waals surface area contributed by atoms with Crippen LogP contribution in [0.5, 0.6) is 5.75 Å². The van der Waals surface area contributed by atoms with E-state index < -0.39 is 0 Å². The average Bonchev–Trinajstić information content (AvgIpc) is 3.71. The van der Waals surface area contributed by atoms with E-state index in [1.807, 2.05) is 47.4 Å². The summed E-state index contributed by atoms with van der Waals surface area (Å²) in [5, 5.41) is 10.5. The number of carbonyl (C=O) groups excluding carboxylic acids is 2. The van der Waals surface area contributed by atoms with Crippen LogP contribution in [0.3, 0.4) is 0 Å². The van der Waals surface area contributed by atoms with Gasteiger partial charge in [-0.2, -0.15) is 0 Å². The minimum atomic E-state index is -0.298. The van der Waals surface area contributed by atoms with Crippen molar-refractivity contribution in [2.45, 2.75) is 70.4 Å². The minimum Gasteiger partial charge on any atom is -0.508 e. The number of likely N-dealkylation sites (tertiary alicyclic amines) is 1. The SMILES string of the molecule is CC(=O)OC1C[C@H](N(CC(C)C)C(=O)c2ccccc2)CC2(c3cccc(O)c3)CCN(CC3CC3)CC12. The fourth-order valence-electron chi connectivity index (χ4n) is 6.99. The zero-order valence-electron chi connectivity index (χ0n) is 23.0. The van der Waals surface area contributed by atoms with E-state index in [1.54, 1.807) is 6.07 Å². The first-order chi connectivity index (χ1) is 18.2. The summed E-state index contributed by atoms with van der Waals surface area (Å²) in [5.74, 6) is 1.19. The number of hydrogen-bond donors (Lipinski definition) is 1. The Bertz CT molecular complexity index is 1130. The highest BCUT2D eigenvalue weighted by molar-refractivity contribution is 5.94. The maximum Gasteiger partial charge on any atom is 0.302 e. The van der Waals surface area contributed by atoms with E-state index in [0.29, 0.717) is 24.4 Å². The van der Waals surface area contributed by atoms with Gasteiger partial charge in [-0.15, -0.1) is 0 Å². The number of piperidine rings is 1. The number of carbonyl (C=O) groups is 2. The molecule has 3 aliphatic rings. The molecule has 204 valence electrons. The molecule has 2 saturated carbocycles. The van der Waals surface area contributed by atoms with Crippen LogP contribution in [0.25, 0.3) is 0 Å². The predicted molar refractivity (Wildman–Crippen MR) is 148 cm³/mol. The second-order valence-electron chi connectivity index (χ2n) is 12.2. The van der Waals surface area contributed by atoms with E-state index >= 15 is 0 Å². The van der Waals surface area contributed by atoms with Crippen molar-refractivity contribution in [3.8, 4) is 5.75 Å². The molecule has 0 radical (unpaired) electrons. The highest BCUT2D eigenvalue weighted by Gasteiger charge is 2.55. The molecule has 1 N–H and O–H groups in total. The van der Waals surface area contributed by atoms with Crippen LogP contribution in [-0.2, 0) is 14.9 Å². The van der Waals surface area contributed by atoms with Crippen molar-refractivity contribution in [3.63, 3.8) is 0 Å². The number of rotatable bonds is 8. The maximum absolute atomic E-state index is 13.9. The molecule has 3 fully saturated rings. The van der Waals surface area contributed by atoms with E-state index in [4.69, 9.17) is 4.74 Å². The Morgan fingerprint density at radius 2 is 1.89 bits per heavy atom. The van der Waals surface area contributed by atoms with Crippen LogP contribution in [-0.4, -0.2) is 65.1 Å². The molecule has 0 spiro atoms. The second-order valence-corrected chi connectivity index (χ2v) is 12.2. The monoisotopic (exact) mass is 518 g/mol. The largest absolute Gasteiger partial charge is 0.508 e. The first-order valence-electron chi connectivity index (χ1n) is 14.3.